The van der Waals surface area contributed by atoms with Gasteiger partial charge in [0, 0.05) is 68.1 Å². The van der Waals surface area contributed by atoms with Gasteiger partial charge in [-0.3, -0.25) is 9.13 Å². The van der Waals surface area contributed by atoms with E-state index in [0.29, 0.717) is 30.7 Å². The van der Waals surface area contributed by atoms with E-state index in [-0.39, 0.29) is 43.4 Å². The fourth-order valence-corrected chi connectivity index (χ4v) is 11.4. The SMILES string of the molecule is CCCCCCCCCCCCCC[Si](O)(O)CO.CCCCCCCCP(=O)(O)CCCCCCCC.CCCCCCCCP(=O)(O)CCCCCCCC.[Ti].[Ti]. The second kappa shape index (κ2) is 54.2. The Morgan fingerprint density at radius 1 is 0.322 bits per heavy atom. The average Bonchev–Trinajstić information content (AvgIpc) is 3.18. The summed E-state index contributed by atoms with van der Waals surface area (Å²) in [5, 5.41) is 8.73. The minimum absolute atomic E-state index is 0. The third-order valence-electron chi connectivity index (χ3n) is 11.1. The van der Waals surface area contributed by atoms with Crippen molar-refractivity contribution in [3.8, 4) is 0 Å². The second-order valence-corrected chi connectivity index (χ2v) is 25.4. The number of rotatable bonds is 42. The Morgan fingerprint density at radius 3 is 0.678 bits per heavy atom. The second-order valence-electron chi connectivity index (χ2n) is 17.4. The monoisotopic (exact) mass is 967 g/mol. The van der Waals surface area contributed by atoms with Crippen LogP contribution in [0.3, 0.4) is 0 Å². The Bertz CT molecular complexity index is 786. The Hall–Kier alpha value is 1.91. The molecule has 0 radical (unpaired) electrons. The molecule has 356 valence electrons. The molecule has 0 saturated carbocycles. The maximum Gasteiger partial charge on any atom is 0.359 e. The summed E-state index contributed by atoms with van der Waals surface area (Å²) in [6.07, 6.45) is 45.6. The normalized spacial score (nSPS) is 11.6. The van der Waals surface area contributed by atoms with Gasteiger partial charge >= 0.3 is 8.56 Å². The molecular formula is C47H104O7P2SiTi2. The van der Waals surface area contributed by atoms with Gasteiger partial charge in [-0.1, -0.05) is 240 Å². The van der Waals surface area contributed by atoms with E-state index < -0.39 is 29.5 Å². The van der Waals surface area contributed by atoms with Crippen LogP contribution in [0, 0.1) is 0 Å². The van der Waals surface area contributed by atoms with Crippen molar-refractivity contribution < 1.29 is 77.1 Å². The molecule has 0 saturated heterocycles. The summed E-state index contributed by atoms with van der Waals surface area (Å²) in [7, 11) is -8.83. The van der Waals surface area contributed by atoms with E-state index in [4.69, 9.17) is 5.11 Å². The van der Waals surface area contributed by atoms with E-state index in [2.05, 4.69) is 34.6 Å². The fraction of sp³-hybridized carbons (Fsp3) is 1.00. The van der Waals surface area contributed by atoms with Crippen molar-refractivity contribution in [3.63, 3.8) is 0 Å². The smallest absolute Gasteiger partial charge is 0.359 e. The van der Waals surface area contributed by atoms with Gasteiger partial charge < -0.3 is 24.5 Å². The molecule has 7 nitrogen and oxygen atoms in total. The van der Waals surface area contributed by atoms with Crippen LogP contribution in [0.25, 0.3) is 0 Å². The molecular weight excluding hydrogens is 862 g/mol. The zero-order chi connectivity index (χ0) is 43.2. The average molecular weight is 967 g/mol. The van der Waals surface area contributed by atoms with E-state index >= 15 is 0 Å². The Morgan fingerprint density at radius 2 is 0.492 bits per heavy atom. The van der Waals surface area contributed by atoms with Crippen molar-refractivity contribution in [2.45, 2.75) is 272 Å². The van der Waals surface area contributed by atoms with E-state index in [9.17, 15) is 28.5 Å². The van der Waals surface area contributed by atoms with Crippen molar-refractivity contribution in [2.75, 3.05) is 30.9 Å². The molecule has 12 heteroatoms. The maximum absolute atomic E-state index is 11.9. The van der Waals surface area contributed by atoms with Gasteiger partial charge in [-0.2, -0.15) is 0 Å². The Kier molecular flexibility index (Phi) is 64.3. The topological polar surface area (TPSA) is 135 Å². The number of hydrogen-bond acceptors (Lipinski definition) is 5. The molecule has 0 aliphatic rings. The van der Waals surface area contributed by atoms with Crippen LogP contribution in [0.5, 0.6) is 0 Å². The van der Waals surface area contributed by atoms with Gasteiger partial charge in [-0.25, -0.2) is 0 Å². The first kappa shape index (κ1) is 69.9. The van der Waals surface area contributed by atoms with Gasteiger partial charge in [0.05, 0.1) is 6.23 Å². The predicted octanol–water partition coefficient (Wildman–Crippen LogP) is 15.6. The fourth-order valence-electron chi connectivity index (χ4n) is 7.11. The minimum Gasteiger partial charge on any atom is -0.409 e. The van der Waals surface area contributed by atoms with Crippen LogP contribution in [0.4, 0.5) is 0 Å². The maximum atomic E-state index is 11.9. The third kappa shape index (κ3) is 64.3. The van der Waals surface area contributed by atoms with Crippen molar-refractivity contribution >= 4 is 23.3 Å². The molecule has 0 spiro atoms. The molecule has 0 aromatic carbocycles. The van der Waals surface area contributed by atoms with Gasteiger partial charge in [0.25, 0.3) is 0 Å². The summed E-state index contributed by atoms with van der Waals surface area (Å²) in [6.45, 7) is 11.1. The molecule has 0 aliphatic carbocycles. The van der Waals surface area contributed by atoms with E-state index in [1.54, 1.807) is 0 Å². The molecule has 5 N–H and O–H groups in total. The van der Waals surface area contributed by atoms with Crippen LogP contribution in [0.1, 0.15) is 266 Å². The molecule has 0 heterocycles. The van der Waals surface area contributed by atoms with Crippen LogP contribution in [0.15, 0.2) is 0 Å². The van der Waals surface area contributed by atoms with E-state index in [0.717, 1.165) is 64.2 Å². The van der Waals surface area contributed by atoms with Crippen molar-refractivity contribution in [2.24, 2.45) is 0 Å². The molecule has 0 bridgehead atoms. The molecule has 0 unspecified atom stereocenters. The molecule has 0 atom stereocenters. The Balaban J connectivity index is -0.000000243. The molecule has 0 aromatic rings. The van der Waals surface area contributed by atoms with Crippen molar-refractivity contribution in [1.82, 2.24) is 0 Å². The van der Waals surface area contributed by atoms with Gasteiger partial charge in [0.15, 0.2) is 0 Å². The number of unbranched alkanes of at least 4 members (excludes halogenated alkanes) is 31. The summed E-state index contributed by atoms with van der Waals surface area (Å²) in [5.74, 6) is 0. The summed E-state index contributed by atoms with van der Waals surface area (Å²) in [6, 6.07) is 0.418. The van der Waals surface area contributed by atoms with Crippen LogP contribution in [0.2, 0.25) is 6.04 Å². The minimum atomic E-state index is -3.22. The Labute approximate surface area is 400 Å². The number of aliphatic hydroxyl groups is 1. The first-order valence-corrected chi connectivity index (χ1v) is 31.4. The molecule has 0 aromatic heterocycles. The zero-order valence-corrected chi connectivity index (χ0v) is 46.1. The molecule has 0 fully saturated rings. The quantitative estimate of drug-likeness (QED) is 0.0234. The van der Waals surface area contributed by atoms with Crippen LogP contribution < -0.4 is 0 Å². The summed E-state index contributed by atoms with van der Waals surface area (Å²) in [4.78, 5) is 38.4. The predicted molar refractivity (Wildman–Crippen MR) is 256 cm³/mol. The summed E-state index contributed by atoms with van der Waals surface area (Å²) >= 11 is 0. The largest absolute Gasteiger partial charge is 0.409 e. The van der Waals surface area contributed by atoms with Crippen LogP contribution in [-0.2, 0) is 52.6 Å². The van der Waals surface area contributed by atoms with Gasteiger partial charge in [-0.15, -0.1) is 0 Å². The van der Waals surface area contributed by atoms with Gasteiger partial charge in [0.1, 0.15) is 0 Å². The molecule has 59 heavy (non-hydrogen) atoms. The number of aliphatic hydroxyl groups excluding tert-OH is 1. The van der Waals surface area contributed by atoms with Crippen molar-refractivity contribution in [1.29, 1.82) is 0 Å². The zero-order valence-electron chi connectivity index (χ0n) is 40.1. The van der Waals surface area contributed by atoms with E-state index in [1.807, 2.05) is 0 Å². The van der Waals surface area contributed by atoms with E-state index in [1.165, 1.54) is 167 Å². The third-order valence-corrected chi connectivity index (χ3v) is 16.8. The summed E-state index contributed by atoms with van der Waals surface area (Å²) < 4.78 is 23.9. The molecule has 0 aliphatic heterocycles. The summed E-state index contributed by atoms with van der Waals surface area (Å²) in [5.41, 5.74) is 0. The number of hydrogen-bond donors (Lipinski definition) is 5. The first-order valence-electron chi connectivity index (χ1n) is 25.0. The van der Waals surface area contributed by atoms with Gasteiger partial charge in [-0.05, 0) is 31.7 Å². The first-order chi connectivity index (χ1) is 27.4. The molecule has 0 rings (SSSR count). The van der Waals surface area contributed by atoms with Crippen LogP contribution in [-0.4, -0.2) is 63.9 Å². The van der Waals surface area contributed by atoms with Crippen molar-refractivity contribution in [3.05, 3.63) is 0 Å². The molecule has 0 amide bonds. The van der Waals surface area contributed by atoms with Crippen LogP contribution >= 0.6 is 14.7 Å². The standard InChI is InChI=1S/2C16H35O2P.C15H34O3Si.2Ti/c2*1-3-5-7-9-11-13-15-19(17,18)16-14-12-10-8-6-4-2;1-2-3-4-5-6-7-8-9-10-11-12-13-14-19(17,18)15-16;;/h2*3-16H2,1-2H3,(H,17,18);16-18H,2-15H2,1H3;;. The van der Waals surface area contributed by atoms with Gasteiger partial charge in [0.2, 0.25) is 14.7 Å².